The highest BCUT2D eigenvalue weighted by Crippen LogP contribution is 2.25. The summed E-state index contributed by atoms with van der Waals surface area (Å²) in [5.41, 5.74) is 1.08. The van der Waals surface area contributed by atoms with Crippen LogP contribution in [-0.4, -0.2) is 33.3 Å². The molecule has 0 fully saturated rings. The Hall–Kier alpha value is -3.67. The van der Waals surface area contributed by atoms with E-state index < -0.39 is 0 Å². The predicted octanol–water partition coefficient (Wildman–Crippen LogP) is 4.41. The number of ether oxygens (including phenoxy) is 4. The SMILES string of the molecule is COc1ccc(C(=O)Nc2ccc(OCCOc3ccccc3)cc2)c(OC)c1. The zero-order valence-electron chi connectivity index (χ0n) is 16.4. The van der Waals surface area contributed by atoms with Gasteiger partial charge in [-0.1, -0.05) is 18.2 Å². The maximum Gasteiger partial charge on any atom is 0.259 e. The average molecular weight is 393 g/mol. The summed E-state index contributed by atoms with van der Waals surface area (Å²) in [6, 6.07) is 21.8. The van der Waals surface area contributed by atoms with Gasteiger partial charge in [0.1, 0.15) is 36.2 Å². The van der Waals surface area contributed by atoms with Crippen LogP contribution in [0.1, 0.15) is 10.4 Å². The summed E-state index contributed by atoms with van der Waals surface area (Å²) < 4.78 is 21.7. The molecule has 0 aliphatic heterocycles. The third-order valence-electron chi connectivity index (χ3n) is 4.13. The standard InChI is InChI=1S/C23H23NO5/c1-26-20-12-13-21(22(16-20)27-2)23(25)24-17-8-10-19(11-9-17)29-15-14-28-18-6-4-3-5-7-18/h3-13,16H,14-15H2,1-2H3,(H,24,25). The molecule has 1 amide bonds. The number of benzene rings is 3. The molecule has 0 atom stereocenters. The lowest BCUT2D eigenvalue weighted by molar-refractivity contribution is 0.102. The third-order valence-corrected chi connectivity index (χ3v) is 4.13. The van der Waals surface area contributed by atoms with E-state index in [1.807, 2.05) is 30.3 Å². The number of para-hydroxylation sites is 1. The van der Waals surface area contributed by atoms with E-state index in [9.17, 15) is 4.79 Å². The Morgan fingerprint density at radius 2 is 1.38 bits per heavy atom. The molecule has 3 aromatic rings. The summed E-state index contributed by atoms with van der Waals surface area (Å²) in [4.78, 5) is 12.5. The van der Waals surface area contributed by atoms with E-state index in [0.717, 1.165) is 5.75 Å². The first-order valence-electron chi connectivity index (χ1n) is 9.13. The van der Waals surface area contributed by atoms with Crippen molar-refractivity contribution in [2.75, 3.05) is 32.8 Å². The van der Waals surface area contributed by atoms with Gasteiger partial charge >= 0.3 is 0 Å². The lowest BCUT2D eigenvalue weighted by Gasteiger charge is -2.12. The van der Waals surface area contributed by atoms with Gasteiger partial charge in [-0.25, -0.2) is 0 Å². The molecule has 0 aromatic heterocycles. The van der Waals surface area contributed by atoms with Crippen LogP contribution in [0.4, 0.5) is 5.69 Å². The van der Waals surface area contributed by atoms with Crippen molar-refractivity contribution in [2.24, 2.45) is 0 Å². The van der Waals surface area contributed by atoms with Crippen molar-refractivity contribution >= 4 is 11.6 Å². The van der Waals surface area contributed by atoms with Crippen LogP contribution in [-0.2, 0) is 0 Å². The maximum atomic E-state index is 12.5. The molecule has 3 aromatic carbocycles. The van der Waals surface area contributed by atoms with Crippen molar-refractivity contribution in [1.29, 1.82) is 0 Å². The number of rotatable bonds is 9. The van der Waals surface area contributed by atoms with Crippen LogP contribution < -0.4 is 24.3 Å². The number of carbonyl (C=O) groups is 1. The first-order valence-corrected chi connectivity index (χ1v) is 9.13. The number of nitrogens with one attached hydrogen (secondary N) is 1. The van der Waals surface area contributed by atoms with Gasteiger partial charge in [-0.3, -0.25) is 4.79 Å². The predicted molar refractivity (Wildman–Crippen MR) is 111 cm³/mol. The molecule has 6 heteroatoms. The molecule has 29 heavy (non-hydrogen) atoms. The summed E-state index contributed by atoms with van der Waals surface area (Å²) in [5, 5.41) is 2.85. The van der Waals surface area contributed by atoms with Crippen molar-refractivity contribution in [3.63, 3.8) is 0 Å². The van der Waals surface area contributed by atoms with Crippen molar-refractivity contribution in [1.82, 2.24) is 0 Å². The molecule has 0 radical (unpaired) electrons. The number of hydrogen-bond acceptors (Lipinski definition) is 5. The smallest absolute Gasteiger partial charge is 0.259 e. The number of methoxy groups -OCH3 is 2. The van der Waals surface area contributed by atoms with Gasteiger partial charge in [0, 0.05) is 11.8 Å². The fraction of sp³-hybridized carbons (Fsp3) is 0.174. The number of amides is 1. The summed E-state index contributed by atoms with van der Waals surface area (Å²) in [6.07, 6.45) is 0. The number of anilines is 1. The molecule has 1 N–H and O–H groups in total. The van der Waals surface area contributed by atoms with Gasteiger partial charge in [0.05, 0.1) is 19.8 Å². The fourth-order valence-corrected chi connectivity index (χ4v) is 2.65. The molecule has 0 aliphatic carbocycles. The van der Waals surface area contributed by atoms with E-state index in [1.165, 1.54) is 7.11 Å². The molecule has 0 bridgehead atoms. The zero-order valence-corrected chi connectivity index (χ0v) is 16.4. The van der Waals surface area contributed by atoms with Crippen molar-refractivity contribution in [3.05, 3.63) is 78.4 Å². The zero-order chi connectivity index (χ0) is 20.5. The van der Waals surface area contributed by atoms with Gasteiger partial charge in [0.2, 0.25) is 0 Å². The van der Waals surface area contributed by atoms with E-state index in [0.29, 0.717) is 41.7 Å². The first kappa shape index (κ1) is 20.1. The number of carbonyl (C=O) groups excluding carboxylic acids is 1. The first-order chi connectivity index (χ1) is 14.2. The summed E-state index contributed by atoms with van der Waals surface area (Å²) in [6.45, 7) is 0.864. The molecular weight excluding hydrogens is 370 g/mol. The minimum absolute atomic E-state index is 0.269. The normalized spacial score (nSPS) is 10.1. The van der Waals surface area contributed by atoms with E-state index in [2.05, 4.69) is 5.32 Å². The molecule has 0 aliphatic rings. The lowest BCUT2D eigenvalue weighted by Crippen LogP contribution is -2.13. The molecule has 0 unspecified atom stereocenters. The van der Waals surface area contributed by atoms with E-state index >= 15 is 0 Å². The van der Waals surface area contributed by atoms with Crippen LogP contribution in [0.5, 0.6) is 23.0 Å². The highest BCUT2D eigenvalue weighted by Gasteiger charge is 2.13. The molecule has 0 spiro atoms. The molecule has 0 saturated carbocycles. The fourth-order valence-electron chi connectivity index (χ4n) is 2.65. The van der Waals surface area contributed by atoms with Gasteiger partial charge < -0.3 is 24.3 Å². The Morgan fingerprint density at radius 1 is 0.759 bits per heavy atom. The lowest BCUT2D eigenvalue weighted by atomic mass is 10.1. The van der Waals surface area contributed by atoms with Gasteiger partial charge in [-0.05, 0) is 48.5 Å². The van der Waals surface area contributed by atoms with Crippen LogP contribution in [0, 0.1) is 0 Å². The van der Waals surface area contributed by atoms with Crippen molar-refractivity contribution in [2.45, 2.75) is 0 Å². The van der Waals surface area contributed by atoms with Crippen molar-refractivity contribution in [3.8, 4) is 23.0 Å². The molecule has 6 nitrogen and oxygen atoms in total. The second kappa shape index (κ2) is 10.0. The molecule has 0 saturated heterocycles. The van der Waals surface area contributed by atoms with Crippen LogP contribution in [0.15, 0.2) is 72.8 Å². The largest absolute Gasteiger partial charge is 0.497 e. The van der Waals surface area contributed by atoms with Crippen LogP contribution >= 0.6 is 0 Å². The molecule has 3 rings (SSSR count). The highest BCUT2D eigenvalue weighted by atomic mass is 16.5. The van der Waals surface area contributed by atoms with Crippen LogP contribution in [0.25, 0.3) is 0 Å². The Kier molecular flexibility index (Phi) is 6.95. The van der Waals surface area contributed by atoms with Gasteiger partial charge in [-0.2, -0.15) is 0 Å². The minimum atomic E-state index is -0.269. The summed E-state index contributed by atoms with van der Waals surface area (Å²) in [5.74, 6) is 2.30. The van der Waals surface area contributed by atoms with Crippen LogP contribution in [0.3, 0.4) is 0 Å². The van der Waals surface area contributed by atoms with Crippen LogP contribution in [0.2, 0.25) is 0 Å². The third kappa shape index (κ3) is 5.65. The highest BCUT2D eigenvalue weighted by molar-refractivity contribution is 6.06. The minimum Gasteiger partial charge on any atom is -0.497 e. The average Bonchev–Trinajstić information content (AvgIpc) is 2.78. The van der Waals surface area contributed by atoms with E-state index in [1.54, 1.807) is 49.6 Å². The molecule has 0 heterocycles. The topological polar surface area (TPSA) is 66.0 Å². The monoisotopic (exact) mass is 393 g/mol. The maximum absolute atomic E-state index is 12.5. The molecular formula is C23H23NO5. The van der Waals surface area contributed by atoms with E-state index in [-0.39, 0.29) is 5.91 Å². The summed E-state index contributed by atoms with van der Waals surface area (Å²) in [7, 11) is 3.07. The quantitative estimate of drug-likeness (QED) is 0.546. The summed E-state index contributed by atoms with van der Waals surface area (Å²) >= 11 is 0. The van der Waals surface area contributed by atoms with Gasteiger partial charge in [0.15, 0.2) is 0 Å². The van der Waals surface area contributed by atoms with Crippen molar-refractivity contribution < 1.29 is 23.7 Å². The van der Waals surface area contributed by atoms with E-state index in [4.69, 9.17) is 18.9 Å². The Morgan fingerprint density at radius 3 is 2.00 bits per heavy atom. The van der Waals surface area contributed by atoms with Gasteiger partial charge in [-0.15, -0.1) is 0 Å². The second-order valence-corrected chi connectivity index (χ2v) is 6.05. The Balaban J connectivity index is 1.51. The Bertz CT molecular complexity index is 926. The van der Waals surface area contributed by atoms with Gasteiger partial charge in [0.25, 0.3) is 5.91 Å². The number of hydrogen-bond donors (Lipinski definition) is 1. The Labute approximate surface area is 170 Å². The molecule has 150 valence electrons. The second-order valence-electron chi connectivity index (χ2n) is 6.05.